The minimum absolute atomic E-state index is 0.00517. The van der Waals surface area contributed by atoms with E-state index in [1.807, 2.05) is 0 Å². The third kappa shape index (κ3) is 3.94. The molecule has 1 fully saturated rings. The van der Waals surface area contributed by atoms with E-state index in [1.165, 1.54) is 19.2 Å². The second-order valence-electron chi connectivity index (χ2n) is 4.64. The van der Waals surface area contributed by atoms with Crippen LogP contribution < -0.4 is 14.8 Å². The monoisotopic (exact) mass is 298 g/mol. The van der Waals surface area contributed by atoms with Crippen molar-refractivity contribution in [2.24, 2.45) is 5.92 Å². The van der Waals surface area contributed by atoms with E-state index in [9.17, 15) is 13.2 Å². The van der Waals surface area contributed by atoms with Crippen LogP contribution in [0.1, 0.15) is 12.8 Å². The summed E-state index contributed by atoms with van der Waals surface area (Å²) in [5, 5.41) is 2.70. The summed E-state index contributed by atoms with van der Waals surface area (Å²) < 4.78 is 31.5. The summed E-state index contributed by atoms with van der Waals surface area (Å²) in [5.41, 5.74) is 0. The molecule has 6 nitrogen and oxygen atoms in total. The standard InChI is InChI=1S/C13H18N2O4S/c1-19-11-3-2-4-12(9-11)20(17,18)15-8-7-14-13(16)10-5-6-10/h2-4,9-10,15H,5-8H2,1H3,(H,14,16). The van der Waals surface area contributed by atoms with Crippen molar-refractivity contribution in [3.8, 4) is 5.75 Å². The Morgan fingerprint density at radius 2 is 2.10 bits per heavy atom. The minimum atomic E-state index is -3.58. The zero-order chi connectivity index (χ0) is 14.6. The minimum Gasteiger partial charge on any atom is -0.497 e. The number of rotatable bonds is 7. The van der Waals surface area contributed by atoms with E-state index in [0.29, 0.717) is 12.3 Å². The molecule has 1 amide bonds. The number of nitrogens with one attached hydrogen (secondary N) is 2. The van der Waals surface area contributed by atoms with Gasteiger partial charge in [-0.1, -0.05) is 6.07 Å². The van der Waals surface area contributed by atoms with Crippen molar-refractivity contribution in [3.63, 3.8) is 0 Å². The van der Waals surface area contributed by atoms with E-state index in [4.69, 9.17) is 4.74 Å². The Bertz CT molecular complexity index is 582. The van der Waals surface area contributed by atoms with Gasteiger partial charge in [0, 0.05) is 25.1 Å². The van der Waals surface area contributed by atoms with Gasteiger partial charge in [0.25, 0.3) is 0 Å². The van der Waals surface area contributed by atoms with Crippen molar-refractivity contribution in [2.45, 2.75) is 17.7 Å². The summed E-state index contributed by atoms with van der Waals surface area (Å²) in [7, 11) is -2.10. The average molecular weight is 298 g/mol. The molecule has 0 saturated heterocycles. The fourth-order valence-electron chi connectivity index (χ4n) is 1.71. The number of amides is 1. The van der Waals surface area contributed by atoms with Gasteiger partial charge in [0.15, 0.2) is 0 Å². The zero-order valence-electron chi connectivity index (χ0n) is 11.3. The molecule has 0 aromatic heterocycles. The first-order valence-corrected chi connectivity index (χ1v) is 7.92. The Balaban J connectivity index is 1.84. The molecule has 0 aliphatic heterocycles. The molecule has 1 aliphatic carbocycles. The second-order valence-corrected chi connectivity index (χ2v) is 6.41. The van der Waals surface area contributed by atoms with Gasteiger partial charge in [-0.15, -0.1) is 0 Å². The van der Waals surface area contributed by atoms with Crippen LogP contribution in [-0.4, -0.2) is 34.5 Å². The Morgan fingerprint density at radius 3 is 2.75 bits per heavy atom. The maximum atomic E-state index is 12.0. The van der Waals surface area contributed by atoms with Gasteiger partial charge in [-0.2, -0.15) is 0 Å². The molecule has 0 heterocycles. The number of hydrogen-bond donors (Lipinski definition) is 2. The van der Waals surface area contributed by atoms with Crippen LogP contribution in [0, 0.1) is 5.92 Å². The molecular weight excluding hydrogens is 280 g/mol. The number of carbonyl (C=O) groups excluding carboxylic acids is 1. The highest BCUT2D eigenvalue weighted by Crippen LogP contribution is 2.28. The van der Waals surface area contributed by atoms with E-state index in [-0.39, 0.29) is 23.3 Å². The molecule has 1 saturated carbocycles. The Labute approximate surface area is 118 Å². The highest BCUT2D eigenvalue weighted by molar-refractivity contribution is 7.89. The van der Waals surface area contributed by atoms with Crippen molar-refractivity contribution in [1.29, 1.82) is 0 Å². The molecule has 20 heavy (non-hydrogen) atoms. The number of sulfonamides is 1. The van der Waals surface area contributed by atoms with Crippen molar-refractivity contribution >= 4 is 15.9 Å². The Hall–Kier alpha value is -1.60. The fourth-order valence-corrected chi connectivity index (χ4v) is 2.78. The van der Waals surface area contributed by atoms with Crippen LogP contribution in [0.5, 0.6) is 5.75 Å². The molecule has 0 atom stereocenters. The van der Waals surface area contributed by atoms with Crippen LogP contribution in [0.25, 0.3) is 0 Å². The predicted octanol–water partition coefficient (Wildman–Crippen LogP) is 0.500. The van der Waals surface area contributed by atoms with Crippen LogP contribution in [0.2, 0.25) is 0 Å². The lowest BCUT2D eigenvalue weighted by Gasteiger charge is -2.08. The van der Waals surface area contributed by atoms with Crippen LogP contribution in [0.15, 0.2) is 29.2 Å². The van der Waals surface area contributed by atoms with Crippen LogP contribution in [0.3, 0.4) is 0 Å². The summed E-state index contributed by atoms with van der Waals surface area (Å²) in [6.07, 6.45) is 1.86. The van der Waals surface area contributed by atoms with E-state index in [1.54, 1.807) is 12.1 Å². The highest BCUT2D eigenvalue weighted by Gasteiger charge is 2.29. The number of ether oxygens (including phenoxy) is 1. The number of hydrogen-bond acceptors (Lipinski definition) is 4. The molecule has 0 radical (unpaired) electrons. The van der Waals surface area contributed by atoms with Gasteiger partial charge in [-0.05, 0) is 25.0 Å². The lowest BCUT2D eigenvalue weighted by atomic mass is 10.3. The molecule has 0 unspecified atom stereocenters. The van der Waals surface area contributed by atoms with Gasteiger partial charge in [0.05, 0.1) is 12.0 Å². The van der Waals surface area contributed by atoms with Crippen LogP contribution in [0.4, 0.5) is 0 Å². The zero-order valence-corrected chi connectivity index (χ0v) is 12.1. The third-order valence-corrected chi connectivity index (χ3v) is 4.47. The maximum Gasteiger partial charge on any atom is 0.240 e. The molecule has 1 aromatic carbocycles. The highest BCUT2D eigenvalue weighted by atomic mass is 32.2. The van der Waals surface area contributed by atoms with Crippen molar-refractivity contribution in [2.75, 3.05) is 20.2 Å². The molecule has 1 aromatic rings. The van der Waals surface area contributed by atoms with Gasteiger partial charge in [0.1, 0.15) is 5.75 Å². The molecule has 2 rings (SSSR count). The van der Waals surface area contributed by atoms with Gasteiger partial charge < -0.3 is 10.1 Å². The Kier molecular flexibility index (Phi) is 4.61. The normalized spacial score (nSPS) is 14.8. The summed E-state index contributed by atoms with van der Waals surface area (Å²) >= 11 is 0. The molecule has 110 valence electrons. The summed E-state index contributed by atoms with van der Waals surface area (Å²) in [4.78, 5) is 11.5. The van der Waals surface area contributed by atoms with E-state index >= 15 is 0 Å². The van der Waals surface area contributed by atoms with E-state index in [0.717, 1.165) is 12.8 Å². The average Bonchev–Trinajstić information content (AvgIpc) is 3.28. The van der Waals surface area contributed by atoms with Gasteiger partial charge in [-0.25, -0.2) is 13.1 Å². The van der Waals surface area contributed by atoms with Crippen molar-refractivity contribution < 1.29 is 17.9 Å². The van der Waals surface area contributed by atoms with Crippen molar-refractivity contribution in [3.05, 3.63) is 24.3 Å². The van der Waals surface area contributed by atoms with Gasteiger partial charge in [0.2, 0.25) is 15.9 Å². The molecular formula is C13H18N2O4S. The second kappa shape index (κ2) is 6.23. The van der Waals surface area contributed by atoms with E-state index < -0.39 is 10.0 Å². The predicted molar refractivity (Wildman–Crippen MR) is 73.9 cm³/mol. The van der Waals surface area contributed by atoms with Gasteiger partial charge in [-0.3, -0.25) is 4.79 Å². The Morgan fingerprint density at radius 1 is 1.35 bits per heavy atom. The third-order valence-electron chi connectivity index (χ3n) is 3.02. The molecule has 0 bridgehead atoms. The fraction of sp³-hybridized carbons (Fsp3) is 0.462. The van der Waals surface area contributed by atoms with Crippen LogP contribution >= 0.6 is 0 Å². The van der Waals surface area contributed by atoms with E-state index in [2.05, 4.69) is 10.0 Å². The topological polar surface area (TPSA) is 84.5 Å². The largest absolute Gasteiger partial charge is 0.497 e. The first kappa shape index (κ1) is 14.8. The SMILES string of the molecule is COc1cccc(S(=O)(=O)NCCNC(=O)C2CC2)c1. The summed E-state index contributed by atoms with van der Waals surface area (Å²) in [5.74, 6) is 0.616. The molecule has 2 N–H and O–H groups in total. The number of carbonyl (C=O) groups is 1. The molecule has 1 aliphatic rings. The lowest BCUT2D eigenvalue weighted by Crippen LogP contribution is -2.35. The molecule has 7 heteroatoms. The summed E-state index contributed by atoms with van der Waals surface area (Å²) in [6.45, 7) is 0.455. The number of benzene rings is 1. The quantitative estimate of drug-likeness (QED) is 0.718. The van der Waals surface area contributed by atoms with Crippen molar-refractivity contribution in [1.82, 2.24) is 10.0 Å². The first-order valence-electron chi connectivity index (χ1n) is 6.44. The summed E-state index contributed by atoms with van der Waals surface area (Å²) in [6, 6.07) is 6.23. The van der Waals surface area contributed by atoms with Crippen LogP contribution in [-0.2, 0) is 14.8 Å². The first-order chi connectivity index (χ1) is 9.53. The van der Waals surface area contributed by atoms with Gasteiger partial charge >= 0.3 is 0 Å². The lowest BCUT2D eigenvalue weighted by molar-refractivity contribution is -0.122. The maximum absolute atomic E-state index is 12.0. The molecule has 0 spiro atoms. The smallest absolute Gasteiger partial charge is 0.240 e. The number of methoxy groups -OCH3 is 1.